The molecule has 31 heavy (non-hydrogen) atoms. The molecule has 178 valence electrons. The van der Waals surface area contributed by atoms with Crippen molar-refractivity contribution in [2.24, 2.45) is 23.5 Å². The maximum Gasteiger partial charge on any atom is 0.326 e. The van der Waals surface area contributed by atoms with Gasteiger partial charge in [-0.25, -0.2) is 4.79 Å². The molecule has 4 unspecified atom stereocenters. The van der Waals surface area contributed by atoms with Gasteiger partial charge in [0.15, 0.2) is 0 Å². The molecule has 0 aliphatic heterocycles. The van der Waals surface area contributed by atoms with Gasteiger partial charge < -0.3 is 31.9 Å². The molecule has 4 atom stereocenters. The van der Waals surface area contributed by atoms with E-state index in [2.05, 4.69) is 16.0 Å². The van der Waals surface area contributed by atoms with E-state index in [1.54, 1.807) is 27.7 Å². The average Bonchev–Trinajstić information content (AvgIpc) is 2.62. The van der Waals surface area contributed by atoms with Crippen LogP contribution in [0.2, 0.25) is 0 Å². The zero-order valence-corrected chi connectivity index (χ0v) is 19.0. The summed E-state index contributed by atoms with van der Waals surface area (Å²) in [5.41, 5.74) is 5.85. The van der Waals surface area contributed by atoms with E-state index in [1.807, 2.05) is 13.8 Å². The van der Waals surface area contributed by atoms with Crippen molar-refractivity contribution in [3.63, 3.8) is 0 Å². The predicted octanol–water partition coefficient (Wildman–Crippen LogP) is -0.314. The van der Waals surface area contributed by atoms with Gasteiger partial charge in [0.25, 0.3) is 0 Å². The lowest BCUT2D eigenvalue weighted by atomic mass is 9.98. The molecule has 0 aromatic rings. The summed E-state index contributed by atoms with van der Waals surface area (Å²) in [6.07, 6.45) is -0.509. The van der Waals surface area contributed by atoms with Gasteiger partial charge >= 0.3 is 11.9 Å². The lowest BCUT2D eigenvalue weighted by molar-refractivity contribution is -0.147. The van der Waals surface area contributed by atoms with Crippen LogP contribution in [0.15, 0.2) is 0 Å². The number of hydrogen-bond donors (Lipinski definition) is 6. The van der Waals surface area contributed by atoms with Gasteiger partial charge in [0.1, 0.15) is 18.1 Å². The van der Waals surface area contributed by atoms with Crippen LogP contribution in [0.5, 0.6) is 0 Å². The number of nitrogens with two attached hydrogens (primary N) is 1. The molecular formula is C20H36N4O7. The zero-order valence-electron chi connectivity index (χ0n) is 19.0. The van der Waals surface area contributed by atoms with Crippen molar-refractivity contribution in [3.8, 4) is 0 Å². The molecule has 0 aliphatic rings. The lowest BCUT2D eigenvalue weighted by Crippen LogP contribution is -2.59. The number of nitrogens with one attached hydrogen (secondary N) is 3. The van der Waals surface area contributed by atoms with Gasteiger partial charge in [-0.05, 0) is 24.2 Å². The second-order valence-electron chi connectivity index (χ2n) is 8.69. The largest absolute Gasteiger partial charge is 0.481 e. The third-order valence-corrected chi connectivity index (χ3v) is 4.60. The van der Waals surface area contributed by atoms with Gasteiger partial charge in [0.05, 0.1) is 12.5 Å². The number of carboxylic acid groups (broad SMARTS) is 2. The van der Waals surface area contributed by atoms with E-state index >= 15 is 0 Å². The fourth-order valence-electron chi connectivity index (χ4n) is 2.70. The molecule has 0 bridgehead atoms. The Morgan fingerprint density at radius 1 is 0.742 bits per heavy atom. The van der Waals surface area contributed by atoms with Gasteiger partial charge in [-0.15, -0.1) is 0 Å². The number of carboxylic acids is 2. The molecule has 0 aromatic heterocycles. The second-order valence-corrected chi connectivity index (χ2v) is 8.69. The van der Waals surface area contributed by atoms with Crippen LogP contribution in [-0.2, 0) is 24.0 Å². The van der Waals surface area contributed by atoms with Crippen molar-refractivity contribution in [1.29, 1.82) is 0 Å². The maximum atomic E-state index is 12.9. The van der Waals surface area contributed by atoms with E-state index < -0.39 is 66.2 Å². The molecule has 0 aromatic carbocycles. The van der Waals surface area contributed by atoms with Crippen LogP contribution in [0.4, 0.5) is 0 Å². The van der Waals surface area contributed by atoms with E-state index in [9.17, 15) is 24.0 Å². The van der Waals surface area contributed by atoms with Crippen LogP contribution >= 0.6 is 0 Å². The number of carbonyl (C=O) groups is 5. The fourth-order valence-corrected chi connectivity index (χ4v) is 2.70. The summed E-state index contributed by atoms with van der Waals surface area (Å²) in [6.45, 7) is 10.6. The number of rotatable bonds is 13. The summed E-state index contributed by atoms with van der Waals surface area (Å²) in [5.74, 6) is -5.35. The summed E-state index contributed by atoms with van der Waals surface area (Å²) in [4.78, 5) is 59.9. The highest BCUT2D eigenvalue weighted by Crippen LogP contribution is 2.10. The first-order valence-electron chi connectivity index (χ1n) is 10.3. The minimum Gasteiger partial charge on any atom is -0.481 e. The first kappa shape index (κ1) is 28.3. The van der Waals surface area contributed by atoms with Crippen LogP contribution in [0.25, 0.3) is 0 Å². The number of amides is 3. The quantitative estimate of drug-likeness (QED) is 0.223. The van der Waals surface area contributed by atoms with Crippen molar-refractivity contribution >= 4 is 29.7 Å². The normalized spacial score (nSPS) is 15.2. The molecule has 0 saturated carbocycles. The summed E-state index contributed by atoms with van der Waals surface area (Å²) >= 11 is 0. The van der Waals surface area contributed by atoms with E-state index in [0.29, 0.717) is 6.42 Å². The first-order valence-corrected chi connectivity index (χ1v) is 10.3. The molecule has 3 amide bonds. The van der Waals surface area contributed by atoms with Crippen molar-refractivity contribution in [1.82, 2.24) is 16.0 Å². The monoisotopic (exact) mass is 444 g/mol. The molecule has 0 fully saturated rings. The molecule has 11 nitrogen and oxygen atoms in total. The zero-order chi connectivity index (χ0) is 24.5. The number of carbonyl (C=O) groups excluding carboxylic acids is 3. The first-order chi connectivity index (χ1) is 14.2. The maximum absolute atomic E-state index is 12.9. The minimum absolute atomic E-state index is 0.0459. The van der Waals surface area contributed by atoms with Crippen molar-refractivity contribution < 1.29 is 34.2 Å². The minimum atomic E-state index is -1.64. The fraction of sp³-hybridized carbons (Fsp3) is 0.750. The van der Waals surface area contributed by atoms with Gasteiger partial charge in [0.2, 0.25) is 17.7 Å². The Hall–Kier alpha value is -2.69. The third kappa shape index (κ3) is 10.3. The molecule has 11 heteroatoms. The Balaban J connectivity index is 5.45. The van der Waals surface area contributed by atoms with E-state index in [1.165, 1.54) is 0 Å². The highest BCUT2D eigenvalue weighted by molar-refractivity contribution is 5.94. The summed E-state index contributed by atoms with van der Waals surface area (Å²) in [7, 11) is 0. The second kappa shape index (κ2) is 12.9. The Morgan fingerprint density at radius 2 is 1.26 bits per heavy atom. The molecule has 0 rings (SSSR count). The van der Waals surface area contributed by atoms with Crippen molar-refractivity contribution in [2.75, 3.05) is 0 Å². The molecular weight excluding hydrogens is 408 g/mol. The average molecular weight is 445 g/mol. The molecule has 0 spiro atoms. The summed E-state index contributed by atoms with van der Waals surface area (Å²) < 4.78 is 0. The Bertz CT molecular complexity index is 664. The van der Waals surface area contributed by atoms with E-state index in [4.69, 9.17) is 15.9 Å². The van der Waals surface area contributed by atoms with Gasteiger partial charge in [-0.2, -0.15) is 0 Å². The smallest absolute Gasteiger partial charge is 0.326 e. The number of hydrogen-bond acceptors (Lipinski definition) is 6. The van der Waals surface area contributed by atoms with Crippen LogP contribution < -0.4 is 21.7 Å². The Morgan fingerprint density at radius 3 is 1.65 bits per heavy atom. The summed E-state index contributed by atoms with van der Waals surface area (Å²) in [5, 5.41) is 25.3. The molecule has 0 heterocycles. The predicted molar refractivity (Wildman–Crippen MR) is 113 cm³/mol. The van der Waals surface area contributed by atoms with Crippen LogP contribution in [0.3, 0.4) is 0 Å². The molecule has 0 radical (unpaired) electrons. The summed E-state index contributed by atoms with van der Waals surface area (Å²) in [6, 6.07) is -4.52. The Labute approximate surface area is 182 Å². The van der Waals surface area contributed by atoms with Crippen LogP contribution in [0.1, 0.15) is 54.4 Å². The SMILES string of the molecule is CC(C)CC(NC(=O)C(N)C(C)C)C(=O)NC(C(=O)NC(CC(=O)O)C(=O)O)C(C)C. The highest BCUT2D eigenvalue weighted by atomic mass is 16.4. The van der Waals surface area contributed by atoms with Crippen molar-refractivity contribution in [2.45, 2.75) is 78.6 Å². The van der Waals surface area contributed by atoms with Gasteiger partial charge in [0, 0.05) is 0 Å². The highest BCUT2D eigenvalue weighted by Gasteiger charge is 2.33. The topological polar surface area (TPSA) is 188 Å². The van der Waals surface area contributed by atoms with Crippen LogP contribution in [-0.4, -0.2) is 64.0 Å². The third-order valence-electron chi connectivity index (χ3n) is 4.60. The molecule has 7 N–H and O–H groups in total. The standard InChI is InChI=1S/C20H36N4O7/c1-9(2)7-12(22-18(28)15(21)10(3)4)17(27)24-16(11(5)6)19(29)23-13(20(30)31)8-14(25)26/h9-13,15-16H,7-8,21H2,1-6H3,(H,22,28)(H,23,29)(H,24,27)(H,25,26)(H,30,31). The van der Waals surface area contributed by atoms with E-state index in [0.717, 1.165) is 0 Å². The van der Waals surface area contributed by atoms with E-state index in [-0.39, 0.29) is 11.8 Å². The number of aliphatic carboxylic acids is 2. The van der Waals surface area contributed by atoms with Gasteiger partial charge in [-0.3, -0.25) is 19.2 Å². The van der Waals surface area contributed by atoms with Crippen LogP contribution in [0, 0.1) is 17.8 Å². The molecule has 0 saturated heterocycles. The van der Waals surface area contributed by atoms with Crippen molar-refractivity contribution in [3.05, 3.63) is 0 Å². The molecule has 0 aliphatic carbocycles. The van der Waals surface area contributed by atoms with Gasteiger partial charge in [-0.1, -0.05) is 41.5 Å². The Kier molecular flexibility index (Phi) is 11.8. The lowest BCUT2D eigenvalue weighted by Gasteiger charge is -2.28.